The molecule has 2 amide bonds. The van der Waals surface area contributed by atoms with Gasteiger partial charge in [0, 0.05) is 31.0 Å². The van der Waals surface area contributed by atoms with Crippen LogP contribution in [0.3, 0.4) is 0 Å². The molecule has 4 N–H and O–H groups in total. The second kappa shape index (κ2) is 8.39. The Labute approximate surface area is 188 Å². The Hall–Kier alpha value is -2.19. The molecule has 0 aromatic heterocycles. The first kappa shape index (κ1) is 23.5. The van der Waals surface area contributed by atoms with Gasteiger partial charge in [-0.15, -0.1) is 0 Å². The normalized spacial score (nSPS) is 22.5. The summed E-state index contributed by atoms with van der Waals surface area (Å²) in [6, 6.07) is 1.52. The minimum Gasteiger partial charge on any atom is -0.486 e. The number of ether oxygens (including phenoxy) is 2. The number of piperidine rings is 1. The maximum Gasteiger partial charge on any atom is 0.410 e. The summed E-state index contributed by atoms with van der Waals surface area (Å²) in [6.07, 6.45) is -0.0971. The van der Waals surface area contributed by atoms with E-state index in [1.54, 1.807) is 20.8 Å². The molecule has 0 aliphatic carbocycles. The molecule has 2 aliphatic rings. The fourth-order valence-corrected chi connectivity index (χ4v) is 4.15. The Morgan fingerprint density at radius 1 is 1.42 bits per heavy atom. The molecule has 8 nitrogen and oxygen atoms in total. The number of nitrogens with one attached hydrogen (secondary N) is 1. The molecule has 0 radical (unpaired) electrons. The lowest BCUT2D eigenvalue weighted by atomic mass is 9.93. The van der Waals surface area contributed by atoms with Crippen molar-refractivity contribution in [3.05, 3.63) is 22.2 Å². The van der Waals surface area contributed by atoms with Crippen LogP contribution in [0, 0.1) is 5.92 Å². The predicted octanol–water partition coefficient (Wildman–Crippen LogP) is 2.98. The number of hydrogen-bond donors (Lipinski definition) is 3. The summed E-state index contributed by atoms with van der Waals surface area (Å²) in [4.78, 5) is 26.6. The van der Waals surface area contributed by atoms with Gasteiger partial charge in [0.25, 0.3) is 5.91 Å². The number of benzene rings is 1. The van der Waals surface area contributed by atoms with Gasteiger partial charge in [-0.05, 0) is 47.1 Å². The predicted molar refractivity (Wildman–Crippen MR) is 119 cm³/mol. The zero-order chi connectivity index (χ0) is 23.1. The molecule has 0 unspecified atom stereocenters. The number of rotatable bonds is 3. The fraction of sp³-hybridized carbons (Fsp3) is 0.636. The third-order valence-electron chi connectivity index (χ3n) is 5.50. The summed E-state index contributed by atoms with van der Waals surface area (Å²) < 4.78 is 11.3. The Morgan fingerprint density at radius 3 is 2.71 bits per heavy atom. The smallest absolute Gasteiger partial charge is 0.410 e. The highest BCUT2D eigenvalue weighted by Gasteiger charge is 2.37. The van der Waals surface area contributed by atoms with Gasteiger partial charge in [-0.25, -0.2) is 4.79 Å². The topological polar surface area (TPSA) is 114 Å². The second-order valence-corrected chi connectivity index (χ2v) is 10.3. The van der Waals surface area contributed by atoms with Crippen molar-refractivity contribution in [1.82, 2.24) is 10.2 Å². The number of amides is 2. The second-order valence-electron chi connectivity index (χ2n) is 9.92. The number of halogens is 1. The molecule has 31 heavy (non-hydrogen) atoms. The Bertz CT molecular complexity index is 881. The lowest BCUT2D eigenvalue weighted by Crippen LogP contribution is -2.50. The lowest BCUT2D eigenvalue weighted by molar-refractivity contribution is -0.0122. The van der Waals surface area contributed by atoms with Gasteiger partial charge in [0.1, 0.15) is 17.0 Å². The molecule has 9 heteroatoms. The molecule has 0 spiro atoms. The van der Waals surface area contributed by atoms with Crippen LogP contribution in [-0.2, 0) is 11.2 Å². The molecule has 2 heterocycles. The maximum atomic E-state index is 12.9. The van der Waals surface area contributed by atoms with Crippen molar-refractivity contribution in [3.63, 3.8) is 0 Å². The number of hydrogen-bond acceptors (Lipinski definition) is 6. The zero-order valence-corrected chi connectivity index (χ0v) is 19.5. The largest absolute Gasteiger partial charge is 0.486 e. The zero-order valence-electron chi connectivity index (χ0n) is 18.8. The van der Waals surface area contributed by atoms with Crippen molar-refractivity contribution >= 4 is 29.3 Å². The fourth-order valence-electron chi connectivity index (χ4n) is 3.93. The van der Waals surface area contributed by atoms with E-state index in [0.717, 1.165) is 5.56 Å². The van der Waals surface area contributed by atoms with Crippen molar-refractivity contribution in [2.75, 3.05) is 25.4 Å². The van der Waals surface area contributed by atoms with Crippen LogP contribution in [0.4, 0.5) is 10.5 Å². The molecular formula is C22H32ClN3O5. The molecule has 2 aliphatic heterocycles. The number of nitrogen functional groups attached to an aromatic ring is 1. The minimum atomic E-state index is -0.766. The minimum absolute atomic E-state index is 0.163. The highest BCUT2D eigenvalue weighted by atomic mass is 35.5. The van der Waals surface area contributed by atoms with E-state index in [0.29, 0.717) is 41.4 Å². The molecule has 1 aromatic rings. The number of fused-ring (bicyclic) bond motifs is 1. The summed E-state index contributed by atoms with van der Waals surface area (Å²) >= 11 is 6.25. The molecule has 1 saturated heterocycles. The van der Waals surface area contributed by atoms with Gasteiger partial charge in [-0.1, -0.05) is 11.6 Å². The summed E-state index contributed by atoms with van der Waals surface area (Å²) in [5, 5.41) is 13.7. The lowest BCUT2D eigenvalue weighted by Gasteiger charge is -2.36. The molecule has 1 fully saturated rings. The van der Waals surface area contributed by atoms with Gasteiger partial charge < -0.3 is 30.5 Å². The van der Waals surface area contributed by atoms with Crippen molar-refractivity contribution in [3.8, 4) is 5.75 Å². The van der Waals surface area contributed by atoms with Crippen LogP contribution in [0.15, 0.2) is 6.07 Å². The van der Waals surface area contributed by atoms with E-state index >= 15 is 0 Å². The molecule has 3 rings (SSSR count). The van der Waals surface area contributed by atoms with Crippen LogP contribution in [0.5, 0.6) is 5.75 Å². The number of carbonyl (C=O) groups is 2. The number of nitrogens with zero attached hydrogens (tertiary/aromatic N) is 1. The third kappa shape index (κ3) is 5.36. The monoisotopic (exact) mass is 453 g/mol. The van der Waals surface area contributed by atoms with Crippen molar-refractivity contribution < 1.29 is 24.2 Å². The molecular weight excluding hydrogens is 422 g/mol. The Balaban J connectivity index is 1.62. The van der Waals surface area contributed by atoms with Gasteiger partial charge in [0.05, 0.1) is 28.9 Å². The number of carbonyl (C=O) groups excluding carboxylic acids is 2. The van der Waals surface area contributed by atoms with E-state index in [1.807, 2.05) is 13.8 Å². The quantitative estimate of drug-likeness (QED) is 0.606. The SMILES string of the molecule is CC(C)(C)OC(=O)N1CC[C@H](CNC(=O)c2cc(Cl)c(N)c3c2OC(C)(C)C3)[C@@H](O)C1. The number of β-amino-alcohol motifs (C(OH)–C–C–N with tert-alkyl or cyclic N) is 1. The van der Waals surface area contributed by atoms with Crippen LogP contribution in [0.1, 0.15) is 57.0 Å². The highest BCUT2D eigenvalue weighted by Crippen LogP contribution is 2.44. The van der Waals surface area contributed by atoms with Gasteiger partial charge in [0.15, 0.2) is 0 Å². The van der Waals surface area contributed by atoms with E-state index in [9.17, 15) is 14.7 Å². The standard InChI is InChI=1S/C22H32ClN3O5/c1-21(2,3)31-20(29)26-7-6-12(16(27)11-26)10-25-19(28)13-8-15(23)17(24)14-9-22(4,5)30-18(13)14/h8,12,16,27H,6-7,9-11,24H2,1-5H3,(H,25,28)/t12-,16+/m1/s1. The van der Waals surface area contributed by atoms with Crippen LogP contribution < -0.4 is 15.8 Å². The molecule has 0 bridgehead atoms. The molecule has 2 atom stereocenters. The number of aliphatic hydroxyl groups is 1. The molecule has 1 aromatic carbocycles. The van der Waals surface area contributed by atoms with Gasteiger partial charge in [-0.3, -0.25) is 4.79 Å². The first-order chi connectivity index (χ1) is 14.3. The van der Waals surface area contributed by atoms with Crippen molar-refractivity contribution in [1.29, 1.82) is 0 Å². The van der Waals surface area contributed by atoms with Crippen molar-refractivity contribution in [2.45, 2.75) is 64.8 Å². The first-order valence-corrected chi connectivity index (χ1v) is 10.9. The van der Waals surface area contributed by atoms with Crippen LogP contribution in [0.25, 0.3) is 0 Å². The van der Waals surface area contributed by atoms with E-state index in [-0.39, 0.29) is 24.9 Å². The van der Waals surface area contributed by atoms with Crippen LogP contribution >= 0.6 is 11.6 Å². The van der Waals surface area contributed by atoms with E-state index < -0.39 is 23.4 Å². The number of nitrogens with two attached hydrogens (primary N) is 1. The van der Waals surface area contributed by atoms with Crippen LogP contribution in [-0.4, -0.2) is 58.9 Å². The maximum absolute atomic E-state index is 12.9. The number of likely N-dealkylation sites (tertiary alicyclic amines) is 1. The first-order valence-electron chi connectivity index (χ1n) is 10.5. The highest BCUT2D eigenvalue weighted by molar-refractivity contribution is 6.33. The summed E-state index contributed by atoms with van der Waals surface area (Å²) in [5.41, 5.74) is 6.54. The third-order valence-corrected chi connectivity index (χ3v) is 5.81. The van der Waals surface area contributed by atoms with E-state index in [1.165, 1.54) is 11.0 Å². The summed E-state index contributed by atoms with van der Waals surface area (Å²) in [5.74, 6) is -0.0559. The number of aliphatic hydroxyl groups excluding tert-OH is 1. The van der Waals surface area contributed by atoms with Gasteiger partial charge in [-0.2, -0.15) is 0 Å². The van der Waals surface area contributed by atoms with E-state index in [4.69, 9.17) is 26.8 Å². The Morgan fingerprint density at radius 2 is 2.10 bits per heavy atom. The summed E-state index contributed by atoms with van der Waals surface area (Å²) in [7, 11) is 0. The van der Waals surface area contributed by atoms with Gasteiger partial charge in [0.2, 0.25) is 0 Å². The van der Waals surface area contributed by atoms with Crippen LogP contribution in [0.2, 0.25) is 5.02 Å². The molecule has 172 valence electrons. The van der Waals surface area contributed by atoms with Crippen molar-refractivity contribution in [2.24, 2.45) is 5.92 Å². The summed E-state index contributed by atoms with van der Waals surface area (Å²) in [6.45, 7) is 10.1. The average Bonchev–Trinajstić information content (AvgIpc) is 2.97. The molecule has 0 saturated carbocycles. The van der Waals surface area contributed by atoms with Gasteiger partial charge >= 0.3 is 6.09 Å². The average molecular weight is 454 g/mol. The Kier molecular flexibility index (Phi) is 6.35. The van der Waals surface area contributed by atoms with E-state index in [2.05, 4.69) is 5.32 Å². The number of anilines is 1.